The molecule has 58 heavy (non-hydrogen) atoms. The van der Waals surface area contributed by atoms with E-state index >= 15 is 0 Å². The zero-order chi connectivity index (χ0) is 39.8. The van der Waals surface area contributed by atoms with Gasteiger partial charge in [0.2, 0.25) is 0 Å². The smallest absolute Gasteiger partial charge is 0.154 e. The van der Waals surface area contributed by atoms with Gasteiger partial charge in [-0.3, -0.25) is 10.4 Å². The summed E-state index contributed by atoms with van der Waals surface area (Å²) in [4.78, 5) is 9.74. The number of nitrogens with one attached hydrogen (secondary N) is 3. The Hall–Kier alpha value is -5.15. The number of hydrogen-bond acceptors (Lipinski definition) is 6. The maximum atomic E-state index is 6.46. The fourth-order valence-electron chi connectivity index (χ4n) is 7.87. The first-order valence-electron chi connectivity index (χ1n) is 19.8. The maximum absolute atomic E-state index is 6.46. The van der Waals surface area contributed by atoms with Crippen molar-refractivity contribution in [2.45, 2.75) is 72.6 Å². The monoisotopic (exact) mass is 959 g/mol. The van der Waals surface area contributed by atoms with Crippen LogP contribution in [0.5, 0.6) is 0 Å². The van der Waals surface area contributed by atoms with E-state index in [1.807, 2.05) is 42.5 Å². The van der Waals surface area contributed by atoms with E-state index in [4.69, 9.17) is 9.40 Å². The van der Waals surface area contributed by atoms with Crippen molar-refractivity contribution in [2.75, 3.05) is 5.43 Å². The van der Waals surface area contributed by atoms with Crippen LogP contribution in [0.3, 0.4) is 0 Å². The van der Waals surface area contributed by atoms with Crippen molar-refractivity contribution >= 4 is 41.0 Å². The molecular formula is C49H50IrN6OSi-2. The largest absolute Gasteiger partial charge is 0.501 e. The Balaban J connectivity index is 0.000000240. The van der Waals surface area contributed by atoms with Crippen LogP contribution >= 0.6 is 0 Å². The van der Waals surface area contributed by atoms with Crippen LogP contribution in [-0.4, -0.2) is 22.6 Å². The zero-order valence-corrected chi connectivity index (χ0v) is 37.8. The Labute approximate surface area is 356 Å². The molecule has 0 unspecified atom stereocenters. The zero-order valence-electron chi connectivity index (χ0n) is 34.4. The second-order valence-electron chi connectivity index (χ2n) is 16.5. The van der Waals surface area contributed by atoms with E-state index in [0.717, 1.165) is 56.1 Å². The van der Waals surface area contributed by atoms with E-state index in [1.165, 1.54) is 38.7 Å². The summed E-state index contributed by atoms with van der Waals surface area (Å²) in [5.74, 6) is 2.18. The topological polar surface area (TPSA) is 79.9 Å². The molecule has 0 saturated carbocycles. The van der Waals surface area contributed by atoms with E-state index in [2.05, 4.69) is 165 Å². The standard InChI is InChI=1S/C34H32N5O.C15H18NSi.Ir/c1-20(2)27-17-23(22-11-6-5-7-12-22)18-28(21(3)4)31(27)39-29-19-35-38-37-33(29)36-34(39)26-15-10-14-25-24-13-8-9-16-30(24)40-32(25)26;1-12-10-14(13-8-6-5-7-9-13)16-11-15(12)17(2,3)4;/h5-14,16-18,20-21,35,37-38H,19H2,1-4H3;5-8,10-11H,1-4H3;/q2*-1;. The summed E-state index contributed by atoms with van der Waals surface area (Å²) in [6, 6.07) is 44.5. The number of hydrogen-bond donors (Lipinski definition) is 3. The molecule has 3 aromatic heterocycles. The molecule has 0 amide bonds. The van der Waals surface area contributed by atoms with Gasteiger partial charge in [0.25, 0.3) is 0 Å². The number of pyridine rings is 1. The molecule has 1 radical (unpaired) electrons. The van der Waals surface area contributed by atoms with E-state index in [1.54, 1.807) is 0 Å². The minimum atomic E-state index is -1.27. The molecule has 0 bridgehead atoms. The Morgan fingerprint density at radius 2 is 1.48 bits per heavy atom. The molecule has 0 atom stereocenters. The van der Waals surface area contributed by atoms with Crippen LogP contribution in [0.25, 0.3) is 61.4 Å². The molecule has 0 spiro atoms. The van der Waals surface area contributed by atoms with E-state index in [9.17, 15) is 0 Å². The van der Waals surface area contributed by atoms with Crippen LogP contribution in [0.1, 0.15) is 61.9 Å². The summed E-state index contributed by atoms with van der Waals surface area (Å²) >= 11 is 0. The Morgan fingerprint density at radius 1 is 0.776 bits per heavy atom. The molecule has 4 heterocycles. The number of furan rings is 1. The first kappa shape index (κ1) is 41.0. The third-order valence-corrected chi connectivity index (χ3v) is 12.8. The first-order valence-corrected chi connectivity index (χ1v) is 23.3. The summed E-state index contributed by atoms with van der Waals surface area (Å²) in [5, 5.41) is 3.60. The fourth-order valence-corrected chi connectivity index (χ4v) is 9.58. The van der Waals surface area contributed by atoms with Crippen LogP contribution in [0.15, 0.2) is 120 Å². The second-order valence-corrected chi connectivity index (χ2v) is 21.5. The van der Waals surface area contributed by atoms with Gasteiger partial charge in [0.05, 0.1) is 31.7 Å². The van der Waals surface area contributed by atoms with E-state index in [-0.39, 0.29) is 31.9 Å². The number of para-hydroxylation sites is 1. The molecule has 7 nitrogen and oxygen atoms in total. The van der Waals surface area contributed by atoms with Crippen molar-refractivity contribution in [3.8, 4) is 39.5 Å². The van der Waals surface area contributed by atoms with Crippen LogP contribution in [-0.2, 0) is 26.7 Å². The SMILES string of the molecule is CC(C)c1cc(-c2ccccc2)cc(C(C)C)c1-n1c(-c2[c-]ccc3c2oc2ccccc23)nc2c1CNNN2.Cc1cc(-c2[c-]cccc2)ncc1[Si](C)(C)C.[Ir]. The average Bonchev–Trinajstić information content (AvgIpc) is 3.79. The van der Waals surface area contributed by atoms with Crippen molar-refractivity contribution in [3.63, 3.8) is 0 Å². The number of nitrogens with zero attached hydrogens (tertiary/aromatic N) is 3. The van der Waals surface area contributed by atoms with Crippen molar-refractivity contribution in [1.82, 2.24) is 25.5 Å². The van der Waals surface area contributed by atoms with Crippen molar-refractivity contribution in [1.29, 1.82) is 0 Å². The summed E-state index contributed by atoms with van der Waals surface area (Å²) < 4.78 is 8.78. The summed E-state index contributed by atoms with van der Waals surface area (Å²) in [5.41, 5.74) is 22.7. The number of imidazole rings is 1. The Bertz CT molecular complexity index is 2670. The number of benzene rings is 5. The number of aryl methyl sites for hydroxylation is 1. The molecular weight excluding hydrogens is 909 g/mol. The molecule has 0 saturated heterocycles. The molecule has 0 fully saturated rings. The van der Waals surface area contributed by atoms with E-state index in [0.29, 0.717) is 6.54 Å². The molecule has 9 heteroatoms. The minimum absolute atomic E-state index is 0. The van der Waals surface area contributed by atoms with Crippen LogP contribution in [0.4, 0.5) is 5.82 Å². The van der Waals surface area contributed by atoms with Gasteiger partial charge in [0.1, 0.15) is 5.58 Å². The second kappa shape index (κ2) is 17.0. The Morgan fingerprint density at radius 3 is 2.16 bits per heavy atom. The average molecular weight is 959 g/mol. The molecule has 1 aliphatic heterocycles. The number of anilines is 1. The van der Waals surface area contributed by atoms with Gasteiger partial charge >= 0.3 is 0 Å². The van der Waals surface area contributed by atoms with Gasteiger partial charge < -0.3 is 14.0 Å². The van der Waals surface area contributed by atoms with Crippen molar-refractivity contribution in [3.05, 3.63) is 150 Å². The Kier molecular flexibility index (Phi) is 12.0. The van der Waals surface area contributed by atoms with Crippen LogP contribution in [0, 0.1) is 19.1 Å². The summed E-state index contributed by atoms with van der Waals surface area (Å²) in [7, 11) is -1.27. The van der Waals surface area contributed by atoms with E-state index < -0.39 is 8.07 Å². The van der Waals surface area contributed by atoms with Gasteiger partial charge in [-0.25, -0.2) is 5.43 Å². The third-order valence-electron chi connectivity index (χ3n) is 10.7. The number of rotatable bonds is 7. The van der Waals surface area contributed by atoms with Crippen LogP contribution < -0.4 is 21.6 Å². The van der Waals surface area contributed by atoms with Crippen LogP contribution in [0.2, 0.25) is 19.6 Å². The molecule has 9 rings (SSSR count). The predicted octanol–water partition coefficient (Wildman–Crippen LogP) is 11.5. The van der Waals surface area contributed by atoms with Gasteiger partial charge in [-0.15, -0.1) is 54.1 Å². The quantitative estimate of drug-likeness (QED) is 0.109. The maximum Gasteiger partial charge on any atom is 0.154 e. The summed E-state index contributed by atoms with van der Waals surface area (Å²) in [6.07, 6.45) is 2.05. The van der Waals surface area contributed by atoms with Crippen molar-refractivity contribution < 1.29 is 24.5 Å². The van der Waals surface area contributed by atoms with Gasteiger partial charge in [-0.05, 0) is 70.1 Å². The molecule has 1 aliphatic rings. The number of hydrazine groups is 2. The van der Waals surface area contributed by atoms with Crippen molar-refractivity contribution in [2.24, 2.45) is 0 Å². The fraction of sp³-hybridized carbons (Fsp3) is 0.224. The molecule has 0 aliphatic carbocycles. The van der Waals surface area contributed by atoms with Gasteiger partial charge in [0, 0.05) is 37.4 Å². The third kappa shape index (κ3) is 7.98. The normalized spacial score (nSPS) is 12.6. The van der Waals surface area contributed by atoms with Gasteiger partial charge in [0.15, 0.2) is 5.82 Å². The van der Waals surface area contributed by atoms with Gasteiger partial charge in [-0.2, -0.15) is 5.53 Å². The first-order chi connectivity index (χ1) is 27.5. The summed E-state index contributed by atoms with van der Waals surface area (Å²) in [6.45, 7) is 18.9. The predicted molar refractivity (Wildman–Crippen MR) is 239 cm³/mol. The minimum Gasteiger partial charge on any atom is -0.501 e. The van der Waals surface area contributed by atoms with Gasteiger partial charge in [-0.1, -0.05) is 118 Å². The number of fused-ring (bicyclic) bond motifs is 4. The molecule has 3 N–H and O–H groups in total. The molecule has 8 aromatic rings. The molecule has 5 aromatic carbocycles. The number of aromatic nitrogens is 3. The molecule has 297 valence electrons.